The average molecular weight is 332 g/mol. The molecule has 0 spiro atoms. The van der Waals surface area contributed by atoms with Gasteiger partial charge in [0.05, 0.1) is 12.8 Å². The molecule has 0 fully saturated rings. The molecule has 0 amide bonds. The zero-order valence-electron chi connectivity index (χ0n) is 12.4. The summed E-state index contributed by atoms with van der Waals surface area (Å²) in [5.41, 5.74) is 1.06. The van der Waals surface area contributed by atoms with E-state index in [1.54, 1.807) is 13.2 Å². The van der Waals surface area contributed by atoms with Gasteiger partial charge in [-0.15, -0.1) is 11.8 Å². The molecule has 0 aliphatic carbocycles. The van der Waals surface area contributed by atoms with Crippen molar-refractivity contribution in [1.29, 1.82) is 0 Å². The Kier molecular flexibility index (Phi) is 4.64. The minimum absolute atomic E-state index is 0.106. The number of H-pyrrole nitrogens is 1. The molecular formula is C15H14ClN5O2. The standard InChI is InChI=1S/C15H14ClN5O2/c1-2-3-4-7-23-15-18-11-12(17-9-10-6-5-8-22-10)19-14(16)20-13(11)21-15/h5-6,8H,4,7,9H2,1H3,(H2,17,18,19,20,21). The summed E-state index contributed by atoms with van der Waals surface area (Å²) >= 11 is 5.94. The van der Waals surface area contributed by atoms with E-state index in [-0.39, 0.29) is 5.28 Å². The van der Waals surface area contributed by atoms with E-state index < -0.39 is 0 Å². The molecule has 0 saturated carbocycles. The van der Waals surface area contributed by atoms with Crippen LogP contribution in [-0.4, -0.2) is 26.5 Å². The first kappa shape index (κ1) is 15.2. The van der Waals surface area contributed by atoms with Gasteiger partial charge in [0.15, 0.2) is 11.5 Å². The number of hydrogen-bond acceptors (Lipinski definition) is 6. The van der Waals surface area contributed by atoms with Crippen molar-refractivity contribution in [3.05, 3.63) is 29.4 Å². The van der Waals surface area contributed by atoms with Gasteiger partial charge >= 0.3 is 0 Å². The van der Waals surface area contributed by atoms with Crippen LogP contribution in [0.4, 0.5) is 5.82 Å². The summed E-state index contributed by atoms with van der Waals surface area (Å²) in [6.45, 7) is 2.70. The third kappa shape index (κ3) is 3.73. The number of hydrogen-bond donors (Lipinski definition) is 2. The lowest BCUT2D eigenvalue weighted by molar-refractivity contribution is 0.305. The summed E-state index contributed by atoms with van der Waals surface area (Å²) in [4.78, 5) is 15.6. The van der Waals surface area contributed by atoms with E-state index in [0.29, 0.717) is 42.6 Å². The maximum absolute atomic E-state index is 5.94. The predicted octanol–water partition coefficient (Wildman–Crippen LogP) is 3.00. The molecule has 3 rings (SSSR count). The Morgan fingerprint density at radius 1 is 1.39 bits per heavy atom. The van der Waals surface area contributed by atoms with E-state index in [4.69, 9.17) is 20.8 Å². The fourth-order valence-electron chi connectivity index (χ4n) is 1.95. The van der Waals surface area contributed by atoms with Crippen molar-refractivity contribution in [3.63, 3.8) is 0 Å². The number of aromatic nitrogens is 4. The van der Waals surface area contributed by atoms with Crippen LogP contribution >= 0.6 is 11.6 Å². The van der Waals surface area contributed by atoms with Crippen molar-refractivity contribution in [3.8, 4) is 17.9 Å². The molecule has 0 aliphatic heterocycles. The van der Waals surface area contributed by atoms with Crippen LogP contribution in [0.2, 0.25) is 5.28 Å². The first-order valence-corrected chi connectivity index (χ1v) is 7.36. The van der Waals surface area contributed by atoms with Crippen LogP contribution in [0.15, 0.2) is 22.8 Å². The van der Waals surface area contributed by atoms with Crippen LogP contribution in [0, 0.1) is 11.8 Å². The highest BCUT2D eigenvalue weighted by Crippen LogP contribution is 2.23. The van der Waals surface area contributed by atoms with Gasteiger partial charge in [0.1, 0.15) is 17.9 Å². The molecule has 2 N–H and O–H groups in total. The minimum Gasteiger partial charge on any atom is -0.467 e. The van der Waals surface area contributed by atoms with E-state index in [9.17, 15) is 0 Å². The van der Waals surface area contributed by atoms with Gasteiger partial charge in [0.2, 0.25) is 5.28 Å². The van der Waals surface area contributed by atoms with Crippen LogP contribution in [0.1, 0.15) is 19.1 Å². The quantitative estimate of drug-likeness (QED) is 0.410. The number of fused-ring (bicyclic) bond motifs is 1. The number of nitrogens with one attached hydrogen (secondary N) is 2. The maximum atomic E-state index is 5.94. The molecule has 0 atom stereocenters. The Morgan fingerprint density at radius 2 is 2.30 bits per heavy atom. The van der Waals surface area contributed by atoms with Crippen molar-refractivity contribution in [2.45, 2.75) is 19.9 Å². The molecule has 7 nitrogen and oxygen atoms in total. The smallest absolute Gasteiger partial charge is 0.296 e. The Hall–Kier alpha value is -2.72. The summed E-state index contributed by atoms with van der Waals surface area (Å²) in [6.07, 6.45) is 2.24. The zero-order chi connectivity index (χ0) is 16.1. The lowest BCUT2D eigenvalue weighted by Crippen LogP contribution is -2.02. The molecule has 0 aromatic carbocycles. The highest BCUT2D eigenvalue weighted by Gasteiger charge is 2.13. The Balaban J connectivity index is 1.78. The summed E-state index contributed by atoms with van der Waals surface area (Å²) < 4.78 is 10.8. The highest BCUT2D eigenvalue weighted by atomic mass is 35.5. The lowest BCUT2D eigenvalue weighted by atomic mass is 10.4. The molecule has 3 heterocycles. The highest BCUT2D eigenvalue weighted by molar-refractivity contribution is 6.28. The third-order valence-corrected chi connectivity index (χ3v) is 3.12. The van der Waals surface area contributed by atoms with E-state index in [1.807, 2.05) is 12.1 Å². The zero-order valence-corrected chi connectivity index (χ0v) is 13.1. The molecule has 3 aromatic rings. The Morgan fingerprint density at radius 3 is 3.09 bits per heavy atom. The second kappa shape index (κ2) is 7.03. The number of halogens is 1. The molecule has 0 unspecified atom stereocenters. The average Bonchev–Trinajstić information content (AvgIpc) is 3.18. The molecule has 0 saturated heterocycles. The number of ether oxygens (including phenoxy) is 1. The van der Waals surface area contributed by atoms with Crippen molar-refractivity contribution >= 4 is 28.6 Å². The van der Waals surface area contributed by atoms with Gasteiger partial charge in [0.25, 0.3) is 6.01 Å². The molecule has 3 aromatic heterocycles. The SMILES string of the molecule is CC#CCCOc1nc2nc(Cl)nc(NCc3ccco3)c2[nH]1. The van der Waals surface area contributed by atoms with Crippen LogP contribution in [-0.2, 0) is 6.54 Å². The van der Waals surface area contributed by atoms with Gasteiger partial charge in [-0.1, -0.05) is 0 Å². The molecule has 118 valence electrons. The van der Waals surface area contributed by atoms with Crippen LogP contribution in [0.5, 0.6) is 6.01 Å². The van der Waals surface area contributed by atoms with Gasteiger partial charge in [-0.05, 0) is 30.7 Å². The van der Waals surface area contributed by atoms with Gasteiger partial charge < -0.3 is 19.5 Å². The number of aromatic amines is 1. The van der Waals surface area contributed by atoms with Crippen molar-refractivity contribution in [2.75, 3.05) is 11.9 Å². The number of anilines is 1. The maximum Gasteiger partial charge on any atom is 0.296 e. The van der Waals surface area contributed by atoms with Gasteiger partial charge in [0, 0.05) is 6.42 Å². The third-order valence-electron chi connectivity index (χ3n) is 2.95. The normalized spacial score (nSPS) is 10.3. The molecule has 8 heteroatoms. The van der Waals surface area contributed by atoms with Crippen LogP contribution < -0.4 is 10.1 Å². The second-order valence-electron chi connectivity index (χ2n) is 4.54. The van der Waals surface area contributed by atoms with Crippen LogP contribution in [0.25, 0.3) is 11.2 Å². The first-order chi connectivity index (χ1) is 11.3. The first-order valence-electron chi connectivity index (χ1n) is 6.98. The lowest BCUT2D eigenvalue weighted by Gasteiger charge is -2.04. The monoisotopic (exact) mass is 331 g/mol. The van der Waals surface area contributed by atoms with Crippen molar-refractivity contribution in [1.82, 2.24) is 19.9 Å². The predicted molar refractivity (Wildman–Crippen MR) is 86.3 cm³/mol. The fraction of sp³-hybridized carbons (Fsp3) is 0.267. The number of nitrogens with zero attached hydrogens (tertiary/aromatic N) is 3. The molecular weight excluding hydrogens is 318 g/mol. The molecule has 0 radical (unpaired) electrons. The van der Waals surface area contributed by atoms with E-state index in [0.717, 1.165) is 5.76 Å². The van der Waals surface area contributed by atoms with Gasteiger partial charge in [-0.3, -0.25) is 0 Å². The largest absolute Gasteiger partial charge is 0.467 e. The Bertz CT molecular complexity index is 848. The van der Waals surface area contributed by atoms with Crippen molar-refractivity contribution < 1.29 is 9.15 Å². The second-order valence-corrected chi connectivity index (χ2v) is 4.88. The van der Waals surface area contributed by atoms with E-state index >= 15 is 0 Å². The van der Waals surface area contributed by atoms with Crippen molar-refractivity contribution in [2.24, 2.45) is 0 Å². The minimum atomic E-state index is 0.106. The summed E-state index contributed by atoms with van der Waals surface area (Å²) in [7, 11) is 0. The number of furan rings is 1. The molecule has 0 aliphatic rings. The fourth-order valence-corrected chi connectivity index (χ4v) is 2.12. The number of rotatable bonds is 6. The number of imidazole rings is 1. The molecule has 0 bridgehead atoms. The Labute approximate surface area is 137 Å². The van der Waals surface area contributed by atoms with Gasteiger partial charge in [-0.25, -0.2) is 0 Å². The summed E-state index contributed by atoms with van der Waals surface area (Å²) in [5, 5.41) is 3.25. The summed E-state index contributed by atoms with van der Waals surface area (Å²) in [6, 6.07) is 4.04. The van der Waals surface area contributed by atoms with E-state index in [1.165, 1.54) is 0 Å². The van der Waals surface area contributed by atoms with Gasteiger partial charge in [-0.2, -0.15) is 15.0 Å². The molecule has 23 heavy (non-hydrogen) atoms. The van der Waals surface area contributed by atoms with Crippen LogP contribution in [0.3, 0.4) is 0 Å². The van der Waals surface area contributed by atoms with E-state index in [2.05, 4.69) is 37.1 Å². The topological polar surface area (TPSA) is 88.9 Å². The summed E-state index contributed by atoms with van der Waals surface area (Å²) in [5.74, 6) is 7.04.